The minimum absolute atomic E-state index is 0.0633. The van der Waals surface area contributed by atoms with E-state index < -0.39 is 54.7 Å². The monoisotopic (exact) mass is 450 g/mol. The number of amides is 2. The Morgan fingerprint density at radius 2 is 1.44 bits per heavy atom. The van der Waals surface area contributed by atoms with E-state index in [0.717, 1.165) is 5.56 Å². The lowest BCUT2D eigenvalue weighted by molar-refractivity contribution is -0.142. The van der Waals surface area contributed by atoms with Gasteiger partial charge in [-0.05, 0) is 31.4 Å². The van der Waals surface area contributed by atoms with Crippen LogP contribution in [0.3, 0.4) is 0 Å². The van der Waals surface area contributed by atoms with Gasteiger partial charge in [0.1, 0.15) is 6.04 Å². The van der Waals surface area contributed by atoms with E-state index in [1.807, 2.05) is 6.07 Å². The molecule has 0 spiro atoms. The molecule has 0 saturated carbocycles. The van der Waals surface area contributed by atoms with E-state index in [2.05, 4.69) is 10.6 Å². The van der Waals surface area contributed by atoms with Crippen LogP contribution in [0.25, 0.3) is 0 Å². The fourth-order valence-electron chi connectivity index (χ4n) is 2.94. The molecule has 11 nitrogen and oxygen atoms in total. The van der Waals surface area contributed by atoms with Crippen molar-refractivity contribution in [2.45, 2.75) is 56.7 Å². The Balaban J connectivity index is 2.92. The second-order valence-corrected chi connectivity index (χ2v) is 7.34. The zero-order valence-electron chi connectivity index (χ0n) is 17.7. The number of ketones is 1. The number of Topliss-reactive ketones (excluding diaryl/α,β-unsaturated/α-hetero) is 1. The molecule has 0 saturated heterocycles. The molecule has 0 heterocycles. The lowest BCUT2D eigenvalue weighted by Gasteiger charge is -2.23. The first-order valence-corrected chi connectivity index (χ1v) is 10.2. The summed E-state index contributed by atoms with van der Waals surface area (Å²) in [7, 11) is 0. The van der Waals surface area contributed by atoms with Gasteiger partial charge in [-0.2, -0.15) is 0 Å². The van der Waals surface area contributed by atoms with E-state index in [1.165, 1.54) is 0 Å². The molecule has 11 heteroatoms. The minimum atomic E-state index is -1.53. The third-order valence-corrected chi connectivity index (χ3v) is 4.62. The zero-order valence-corrected chi connectivity index (χ0v) is 17.7. The van der Waals surface area contributed by atoms with E-state index in [1.54, 1.807) is 24.3 Å². The van der Waals surface area contributed by atoms with Gasteiger partial charge in [0.25, 0.3) is 0 Å². The summed E-state index contributed by atoms with van der Waals surface area (Å²) in [6.45, 7) is 0.409. The van der Waals surface area contributed by atoms with Crippen molar-refractivity contribution in [3.8, 4) is 0 Å². The highest BCUT2D eigenvalue weighted by atomic mass is 16.4. The molecule has 0 aromatic heterocycles. The van der Waals surface area contributed by atoms with Crippen molar-refractivity contribution in [3.05, 3.63) is 35.9 Å². The SMILES string of the molecule is NCCCC[C@H](NC(=O)[C@H](CC(=O)O)NC(=O)[C@@H](N)CC(=O)O)C(=O)Cc1ccccc1. The van der Waals surface area contributed by atoms with E-state index >= 15 is 0 Å². The molecule has 0 radical (unpaired) electrons. The van der Waals surface area contributed by atoms with E-state index in [0.29, 0.717) is 25.8 Å². The van der Waals surface area contributed by atoms with Crippen molar-refractivity contribution in [1.29, 1.82) is 0 Å². The first-order valence-electron chi connectivity index (χ1n) is 10.2. The lowest BCUT2D eigenvalue weighted by atomic mass is 9.98. The summed E-state index contributed by atoms with van der Waals surface area (Å²) in [5, 5.41) is 22.5. The van der Waals surface area contributed by atoms with Gasteiger partial charge in [-0.15, -0.1) is 0 Å². The number of nitrogens with two attached hydrogens (primary N) is 2. The molecule has 32 heavy (non-hydrogen) atoms. The van der Waals surface area contributed by atoms with Gasteiger partial charge in [0.2, 0.25) is 11.8 Å². The molecule has 176 valence electrons. The summed E-state index contributed by atoms with van der Waals surface area (Å²) in [5.41, 5.74) is 11.7. The molecular weight excluding hydrogens is 420 g/mol. The molecule has 8 N–H and O–H groups in total. The molecule has 0 unspecified atom stereocenters. The molecule has 1 aromatic rings. The van der Waals surface area contributed by atoms with Crippen LogP contribution in [0.2, 0.25) is 0 Å². The van der Waals surface area contributed by atoms with Crippen molar-refractivity contribution in [2.24, 2.45) is 11.5 Å². The molecule has 0 aliphatic heterocycles. The third-order valence-electron chi connectivity index (χ3n) is 4.62. The van der Waals surface area contributed by atoms with Gasteiger partial charge in [-0.3, -0.25) is 24.0 Å². The number of hydrogen-bond acceptors (Lipinski definition) is 7. The van der Waals surface area contributed by atoms with Crippen LogP contribution in [0.5, 0.6) is 0 Å². The number of carbonyl (C=O) groups excluding carboxylic acids is 3. The minimum Gasteiger partial charge on any atom is -0.481 e. The Bertz CT molecular complexity index is 801. The normalized spacial score (nSPS) is 13.4. The molecule has 3 atom stereocenters. The summed E-state index contributed by atoms with van der Waals surface area (Å²) >= 11 is 0. The van der Waals surface area contributed by atoms with Crippen LogP contribution in [0.4, 0.5) is 0 Å². The maximum Gasteiger partial charge on any atom is 0.305 e. The van der Waals surface area contributed by atoms with Gasteiger partial charge in [0.05, 0.1) is 24.9 Å². The average Bonchev–Trinajstić information content (AvgIpc) is 2.72. The van der Waals surface area contributed by atoms with Crippen LogP contribution < -0.4 is 22.1 Å². The number of nitrogens with one attached hydrogen (secondary N) is 2. The quantitative estimate of drug-likeness (QED) is 0.184. The maximum absolute atomic E-state index is 12.8. The van der Waals surface area contributed by atoms with Crippen LogP contribution in [0.1, 0.15) is 37.7 Å². The first kappa shape index (κ1) is 26.7. The van der Waals surface area contributed by atoms with Gasteiger partial charge in [0.15, 0.2) is 5.78 Å². The first-order chi connectivity index (χ1) is 15.1. The Labute approximate surface area is 185 Å². The Morgan fingerprint density at radius 1 is 0.844 bits per heavy atom. The molecular formula is C21H30N4O7. The Morgan fingerprint density at radius 3 is 2.00 bits per heavy atom. The molecule has 2 amide bonds. The lowest BCUT2D eigenvalue weighted by Crippen LogP contribution is -2.55. The average molecular weight is 450 g/mol. The number of unbranched alkanes of at least 4 members (excludes halogenated alkanes) is 1. The summed E-state index contributed by atoms with van der Waals surface area (Å²) in [6, 6.07) is 5.02. The van der Waals surface area contributed by atoms with Crippen LogP contribution in [-0.2, 0) is 30.4 Å². The van der Waals surface area contributed by atoms with Crippen molar-refractivity contribution in [3.63, 3.8) is 0 Å². The largest absolute Gasteiger partial charge is 0.481 e. The van der Waals surface area contributed by atoms with Gasteiger partial charge >= 0.3 is 11.9 Å². The van der Waals surface area contributed by atoms with E-state index in [-0.39, 0.29) is 12.2 Å². The highest BCUT2D eigenvalue weighted by Crippen LogP contribution is 2.09. The number of hydrogen-bond donors (Lipinski definition) is 6. The number of rotatable bonds is 15. The van der Waals surface area contributed by atoms with Gasteiger partial charge in [0, 0.05) is 6.42 Å². The molecule has 0 aliphatic carbocycles. The standard InChI is InChI=1S/C21H30N4O7/c22-9-5-4-8-15(17(26)10-13-6-2-1-3-7-13)24-21(32)16(12-19(29)30)25-20(31)14(23)11-18(27)28/h1-3,6-7,14-16H,4-5,8-12,22-23H2,(H,24,32)(H,25,31)(H,27,28)(H,29,30)/t14-,15-,16-/m0/s1. The summed E-state index contributed by atoms with van der Waals surface area (Å²) in [4.78, 5) is 59.5. The summed E-state index contributed by atoms with van der Waals surface area (Å²) in [6.07, 6.45) is 0.0880. The Hall–Kier alpha value is -3.31. The van der Waals surface area contributed by atoms with Crippen LogP contribution in [0.15, 0.2) is 30.3 Å². The Kier molecular flexibility index (Phi) is 11.6. The number of benzene rings is 1. The van der Waals surface area contributed by atoms with Crippen molar-refractivity contribution in [2.75, 3.05) is 6.54 Å². The topological polar surface area (TPSA) is 202 Å². The maximum atomic E-state index is 12.8. The van der Waals surface area contributed by atoms with E-state index in [4.69, 9.17) is 21.7 Å². The van der Waals surface area contributed by atoms with Gasteiger partial charge in [-0.25, -0.2) is 0 Å². The van der Waals surface area contributed by atoms with Gasteiger partial charge in [-0.1, -0.05) is 30.3 Å². The molecule has 0 bridgehead atoms. The molecule has 1 aromatic carbocycles. The second-order valence-electron chi connectivity index (χ2n) is 7.34. The predicted octanol–water partition coefficient (Wildman–Crippen LogP) is -0.826. The van der Waals surface area contributed by atoms with Crippen LogP contribution in [0, 0.1) is 0 Å². The van der Waals surface area contributed by atoms with Crippen molar-refractivity contribution < 1.29 is 34.2 Å². The second kappa shape index (κ2) is 13.9. The highest BCUT2D eigenvalue weighted by molar-refractivity contribution is 5.96. The van der Waals surface area contributed by atoms with E-state index in [9.17, 15) is 24.0 Å². The number of aliphatic carboxylic acids is 2. The van der Waals surface area contributed by atoms with Crippen LogP contribution in [-0.4, -0.2) is 64.4 Å². The number of carboxylic acids is 2. The fraction of sp³-hybridized carbons (Fsp3) is 0.476. The van der Waals surface area contributed by atoms with Crippen LogP contribution >= 0.6 is 0 Å². The van der Waals surface area contributed by atoms with Crippen molar-refractivity contribution in [1.82, 2.24) is 10.6 Å². The molecule has 0 fully saturated rings. The number of carboxylic acid groups (broad SMARTS) is 2. The molecule has 1 rings (SSSR count). The zero-order chi connectivity index (χ0) is 24.1. The van der Waals surface area contributed by atoms with Gasteiger partial charge < -0.3 is 32.3 Å². The summed E-state index contributed by atoms with van der Waals surface area (Å²) < 4.78 is 0. The molecule has 0 aliphatic rings. The fourth-order valence-corrected chi connectivity index (χ4v) is 2.94. The summed E-state index contributed by atoms with van der Waals surface area (Å²) in [5.74, 6) is -4.82. The highest BCUT2D eigenvalue weighted by Gasteiger charge is 2.30. The van der Waals surface area contributed by atoms with Crippen molar-refractivity contribution >= 4 is 29.5 Å². The smallest absolute Gasteiger partial charge is 0.305 e. The third kappa shape index (κ3) is 10.1. The number of carbonyl (C=O) groups is 5. The predicted molar refractivity (Wildman–Crippen MR) is 114 cm³/mol.